The molecule has 7 heteroatoms. The Hall–Kier alpha value is -1.89. The number of ether oxygens (including phenoxy) is 2. The summed E-state index contributed by atoms with van der Waals surface area (Å²) in [4.78, 5) is 24.1. The van der Waals surface area contributed by atoms with Gasteiger partial charge in [-0.1, -0.05) is 12.1 Å². The van der Waals surface area contributed by atoms with Gasteiger partial charge in [-0.05, 0) is 32.9 Å². The van der Waals surface area contributed by atoms with Crippen LogP contribution >= 0.6 is 11.8 Å². The zero-order valence-corrected chi connectivity index (χ0v) is 13.9. The predicted octanol–water partition coefficient (Wildman–Crippen LogP) is 2.55. The fourth-order valence-electron chi connectivity index (χ4n) is 1.51. The second-order valence-corrected chi connectivity index (χ2v) is 6.56. The summed E-state index contributed by atoms with van der Waals surface area (Å²) in [5, 5.41) is 12.2. The summed E-state index contributed by atoms with van der Waals surface area (Å²) in [6.07, 6.45) is -0.694. The predicted molar refractivity (Wildman–Crippen MR) is 84.0 cm³/mol. The molecule has 1 amide bonds. The molecule has 1 rings (SSSR count). The van der Waals surface area contributed by atoms with Gasteiger partial charge in [-0.2, -0.15) is 0 Å². The number of carbonyl (C=O) groups is 2. The first-order valence-corrected chi connectivity index (χ1v) is 7.69. The van der Waals surface area contributed by atoms with Gasteiger partial charge in [0.25, 0.3) is 0 Å². The number of thioether (sulfide) groups is 1. The molecule has 122 valence electrons. The van der Waals surface area contributed by atoms with E-state index in [4.69, 9.17) is 4.74 Å². The monoisotopic (exact) mass is 327 g/mol. The maximum absolute atomic E-state index is 11.8. The highest BCUT2D eigenvalue weighted by molar-refractivity contribution is 7.99. The lowest BCUT2D eigenvalue weighted by Gasteiger charge is -2.22. The Morgan fingerprint density at radius 1 is 1.32 bits per heavy atom. The largest absolute Gasteiger partial charge is 0.507 e. The van der Waals surface area contributed by atoms with Crippen LogP contribution in [-0.2, 0) is 14.3 Å². The van der Waals surface area contributed by atoms with Crippen molar-refractivity contribution in [2.45, 2.75) is 37.3 Å². The van der Waals surface area contributed by atoms with Crippen LogP contribution in [0.5, 0.6) is 5.75 Å². The molecule has 0 radical (unpaired) electrons. The number of phenols is 1. The van der Waals surface area contributed by atoms with E-state index >= 15 is 0 Å². The normalized spacial score (nSPS) is 12.4. The van der Waals surface area contributed by atoms with Crippen LogP contribution in [0.3, 0.4) is 0 Å². The van der Waals surface area contributed by atoms with Crippen molar-refractivity contribution in [2.24, 2.45) is 0 Å². The third-order valence-electron chi connectivity index (χ3n) is 2.45. The van der Waals surface area contributed by atoms with Crippen LogP contribution in [0.25, 0.3) is 0 Å². The minimum Gasteiger partial charge on any atom is -0.507 e. The average Bonchev–Trinajstić information content (AvgIpc) is 2.42. The average molecular weight is 327 g/mol. The van der Waals surface area contributed by atoms with E-state index in [2.05, 4.69) is 10.1 Å². The van der Waals surface area contributed by atoms with Gasteiger partial charge >= 0.3 is 12.1 Å². The molecule has 0 unspecified atom stereocenters. The molecular weight excluding hydrogens is 306 g/mol. The van der Waals surface area contributed by atoms with E-state index in [1.165, 1.54) is 18.9 Å². The maximum atomic E-state index is 11.8. The highest BCUT2D eigenvalue weighted by Gasteiger charge is 2.25. The van der Waals surface area contributed by atoms with Crippen LogP contribution < -0.4 is 5.32 Å². The number of esters is 1. The number of rotatable bonds is 5. The highest BCUT2D eigenvalue weighted by atomic mass is 32.2. The molecule has 0 aromatic heterocycles. The zero-order chi connectivity index (χ0) is 16.8. The minimum atomic E-state index is -0.871. The summed E-state index contributed by atoms with van der Waals surface area (Å²) in [6, 6.07) is 5.88. The van der Waals surface area contributed by atoms with Gasteiger partial charge in [-0.3, -0.25) is 0 Å². The summed E-state index contributed by atoms with van der Waals surface area (Å²) in [5.74, 6) is -0.245. The number of methoxy groups -OCH3 is 1. The number of amides is 1. The van der Waals surface area contributed by atoms with Gasteiger partial charge in [0.2, 0.25) is 0 Å². The van der Waals surface area contributed by atoms with Gasteiger partial charge in [-0.25, -0.2) is 9.59 Å². The van der Waals surface area contributed by atoms with E-state index in [1.807, 2.05) is 0 Å². The zero-order valence-electron chi connectivity index (χ0n) is 13.1. The molecule has 0 saturated carbocycles. The number of alkyl carbamates (subject to hydrolysis) is 1. The lowest BCUT2D eigenvalue weighted by molar-refractivity contribution is -0.142. The molecule has 2 N–H and O–H groups in total. The highest BCUT2D eigenvalue weighted by Crippen LogP contribution is 2.28. The van der Waals surface area contributed by atoms with Gasteiger partial charge in [0.05, 0.1) is 7.11 Å². The number of aromatic hydroxyl groups is 1. The first-order valence-electron chi connectivity index (χ1n) is 6.71. The molecular formula is C15H21NO5S. The smallest absolute Gasteiger partial charge is 0.408 e. The molecule has 0 aliphatic heterocycles. The third-order valence-corrected chi connectivity index (χ3v) is 3.60. The number of hydrogen-bond donors (Lipinski definition) is 2. The molecule has 6 nitrogen and oxygen atoms in total. The van der Waals surface area contributed by atoms with Crippen molar-refractivity contribution in [2.75, 3.05) is 12.9 Å². The number of hydrogen-bond acceptors (Lipinski definition) is 6. The fraction of sp³-hybridized carbons (Fsp3) is 0.467. The molecule has 0 fully saturated rings. The molecule has 22 heavy (non-hydrogen) atoms. The van der Waals surface area contributed by atoms with E-state index in [0.717, 1.165) is 0 Å². The number of phenolic OH excluding ortho intramolecular Hbond substituents is 1. The molecule has 0 spiro atoms. The molecule has 0 heterocycles. The Morgan fingerprint density at radius 2 is 1.95 bits per heavy atom. The van der Waals surface area contributed by atoms with Crippen molar-refractivity contribution < 1.29 is 24.2 Å². The van der Waals surface area contributed by atoms with Gasteiger partial charge in [0, 0.05) is 10.6 Å². The van der Waals surface area contributed by atoms with Gasteiger partial charge < -0.3 is 19.9 Å². The van der Waals surface area contributed by atoms with Crippen molar-refractivity contribution in [3.63, 3.8) is 0 Å². The quantitative estimate of drug-likeness (QED) is 0.638. The standard InChI is InChI=1S/C15H21NO5S/c1-15(2,3)21-14(19)16-10(13(18)20-4)9-22-12-8-6-5-7-11(12)17/h5-8,10,17H,9H2,1-4H3,(H,16,19)/t10-/m1/s1. The van der Waals surface area contributed by atoms with E-state index in [-0.39, 0.29) is 11.5 Å². The van der Waals surface area contributed by atoms with Gasteiger partial charge in [0.15, 0.2) is 0 Å². The lowest BCUT2D eigenvalue weighted by atomic mass is 10.2. The molecule has 0 bridgehead atoms. The third kappa shape index (κ3) is 6.26. The summed E-state index contributed by atoms with van der Waals surface area (Å²) in [7, 11) is 1.25. The van der Waals surface area contributed by atoms with E-state index in [0.29, 0.717) is 4.90 Å². The van der Waals surface area contributed by atoms with Crippen molar-refractivity contribution in [3.8, 4) is 5.75 Å². The Kier molecular flexibility index (Phi) is 6.55. The van der Waals surface area contributed by atoms with E-state index in [1.54, 1.807) is 45.0 Å². The first kappa shape index (κ1) is 18.2. The molecule has 1 aromatic rings. The lowest BCUT2D eigenvalue weighted by Crippen LogP contribution is -2.45. The van der Waals surface area contributed by atoms with E-state index in [9.17, 15) is 14.7 Å². The fourth-order valence-corrected chi connectivity index (χ4v) is 2.47. The Bertz CT molecular complexity index is 527. The van der Waals surface area contributed by atoms with Crippen molar-refractivity contribution in [3.05, 3.63) is 24.3 Å². The Labute approximate surface area is 134 Å². The molecule has 0 saturated heterocycles. The Balaban J connectivity index is 2.67. The maximum Gasteiger partial charge on any atom is 0.408 e. The first-order chi connectivity index (χ1) is 10.2. The minimum absolute atomic E-state index is 0.119. The number of carbonyl (C=O) groups excluding carboxylic acids is 2. The number of nitrogens with one attached hydrogen (secondary N) is 1. The molecule has 1 atom stereocenters. The SMILES string of the molecule is COC(=O)[C@@H](CSc1ccccc1O)NC(=O)OC(C)(C)C. The van der Waals surface area contributed by atoms with Crippen LogP contribution in [0.1, 0.15) is 20.8 Å². The summed E-state index contributed by atoms with van der Waals surface area (Å²) in [6.45, 7) is 5.20. The Morgan fingerprint density at radius 3 is 2.50 bits per heavy atom. The van der Waals surface area contributed by atoms with Gasteiger partial charge in [0.1, 0.15) is 17.4 Å². The summed E-state index contributed by atoms with van der Waals surface area (Å²) in [5.41, 5.74) is -0.657. The van der Waals surface area contributed by atoms with Crippen LogP contribution in [0.15, 0.2) is 29.2 Å². The number of benzene rings is 1. The summed E-state index contributed by atoms with van der Waals surface area (Å²) >= 11 is 1.24. The topological polar surface area (TPSA) is 84.9 Å². The van der Waals surface area contributed by atoms with Crippen molar-refractivity contribution >= 4 is 23.8 Å². The second kappa shape index (κ2) is 7.93. The molecule has 0 aliphatic rings. The van der Waals surface area contributed by atoms with Crippen LogP contribution in [0.4, 0.5) is 4.79 Å². The van der Waals surface area contributed by atoms with Crippen LogP contribution in [-0.4, -0.2) is 41.7 Å². The van der Waals surface area contributed by atoms with Crippen molar-refractivity contribution in [1.29, 1.82) is 0 Å². The summed E-state index contributed by atoms with van der Waals surface area (Å²) < 4.78 is 9.80. The van der Waals surface area contributed by atoms with Gasteiger partial charge in [-0.15, -0.1) is 11.8 Å². The molecule has 0 aliphatic carbocycles. The van der Waals surface area contributed by atoms with Crippen LogP contribution in [0.2, 0.25) is 0 Å². The van der Waals surface area contributed by atoms with E-state index < -0.39 is 23.7 Å². The number of para-hydroxylation sites is 1. The van der Waals surface area contributed by atoms with Crippen molar-refractivity contribution in [1.82, 2.24) is 5.32 Å². The second-order valence-electron chi connectivity index (χ2n) is 5.50. The van der Waals surface area contributed by atoms with Crippen LogP contribution in [0, 0.1) is 0 Å². The molecule has 1 aromatic carbocycles.